The van der Waals surface area contributed by atoms with E-state index in [1.807, 2.05) is 0 Å². The van der Waals surface area contributed by atoms with Crippen LogP contribution in [0.2, 0.25) is 0 Å². The second-order valence-electron chi connectivity index (χ2n) is 9.43. The molecule has 0 bridgehead atoms. The maximum absolute atomic E-state index is 12.7. The van der Waals surface area contributed by atoms with Crippen LogP contribution < -0.4 is 0 Å². The molecule has 3 unspecified atom stereocenters. The third kappa shape index (κ3) is 2.34. The number of methoxy groups -OCH3 is 1. The number of hydrogen-bond donors (Lipinski definition) is 2. The fraction of sp³-hybridized carbons (Fsp3) is 0.696. The molecule has 0 aliphatic heterocycles. The van der Waals surface area contributed by atoms with E-state index in [9.17, 15) is 15.0 Å². The molecule has 7 atom stereocenters. The summed E-state index contributed by atoms with van der Waals surface area (Å²) >= 11 is 0. The number of carbonyl (C=O) groups is 1. The smallest absolute Gasteiger partial charge is 0.313 e. The lowest BCUT2D eigenvalue weighted by Crippen LogP contribution is -2.53. The Labute approximate surface area is 161 Å². The molecule has 0 heterocycles. The van der Waals surface area contributed by atoms with Crippen molar-refractivity contribution in [3.63, 3.8) is 0 Å². The number of aliphatic hydroxyl groups excluding tert-OH is 1. The number of esters is 1. The number of ether oxygens (including phenoxy) is 1. The first kappa shape index (κ1) is 18.8. The third-order valence-corrected chi connectivity index (χ3v) is 8.38. The van der Waals surface area contributed by atoms with Crippen molar-refractivity contribution in [2.24, 2.45) is 28.6 Å². The van der Waals surface area contributed by atoms with Crippen molar-refractivity contribution in [1.29, 1.82) is 0 Å². The first-order valence-electron chi connectivity index (χ1n) is 10.1. The van der Waals surface area contributed by atoms with Crippen LogP contribution in [0.25, 0.3) is 0 Å². The number of fused-ring (bicyclic) bond motifs is 5. The molecular formula is C23H30O4. The highest BCUT2D eigenvalue weighted by molar-refractivity contribution is 5.77. The van der Waals surface area contributed by atoms with Crippen molar-refractivity contribution in [2.45, 2.75) is 64.1 Å². The lowest BCUT2D eigenvalue weighted by Gasteiger charge is -2.55. The van der Waals surface area contributed by atoms with Crippen LogP contribution in [-0.2, 0) is 9.53 Å². The van der Waals surface area contributed by atoms with Crippen molar-refractivity contribution in [1.82, 2.24) is 0 Å². The second kappa shape index (κ2) is 5.96. The van der Waals surface area contributed by atoms with E-state index in [2.05, 4.69) is 31.9 Å². The number of allylic oxidation sites excluding steroid dienone is 2. The Hall–Kier alpha value is -1.57. The van der Waals surface area contributed by atoms with Gasteiger partial charge in [0.1, 0.15) is 5.60 Å². The SMILES string of the molecule is C#CC1(O)CCC2[C@H]3C(=CC[C@@]21C)[C@@]1(C)CCC(O)CC1=C[C@H]3C(=O)OC. The van der Waals surface area contributed by atoms with Gasteiger partial charge < -0.3 is 14.9 Å². The lowest BCUT2D eigenvalue weighted by molar-refractivity contribution is -0.147. The monoisotopic (exact) mass is 370 g/mol. The molecule has 2 N–H and O–H groups in total. The minimum atomic E-state index is -1.13. The van der Waals surface area contributed by atoms with E-state index < -0.39 is 11.0 Å². The molecule has 0 radical (unpaired) electrons. The Morgan fingerprint density at radius 1 is 1.33 bits per heavy atom. The van der Waals surface area contributed by atoms with Crippen molar-refractivity contribution in [3.8, 4) is 12.3 Å². The van der Waals surface area contributed by atoms with E-state index in [0.29, 0.717) is 12.8 Å². The first-order valence-corrected chi connectivity index (χ1v) is 10.1. The predicted molar refractivity (Wildman–Crippen MR) is 102 cm³/mol. The fourth-order valence-corrected chi connectivity index (χ4v) is 6.57. The molecule has 0 spiro atoms. The van der Waals surface area contributed by atoms with Crippen LogP contribution in [-0.4, -0.2) is 35.0 Å². The molecule has 0 amide bonds. The number of terminal acetylenes is 1. The molecule has 0 saturated heterocycles. The molecule has 0 aromatic carbocycles. The summed E-state index contributed by atoms with van der Waals surface area (Å²) in [5.74, 6) is 2.20. The summed E-state index contributed by atoms with van der Waals surface area (Å²) in [6.07, 6.45) is 14.1. The van der Waals surface area contributed by atoms with E-state index in [-0.39, 0.29) is 35.2 Å². The fourth-order valence-electron chi connectivity index (χ4n) is 6.57. The molecule has 4 aliphatic rings. The molecule has 0 aromatic heterocycles. The summed E-state index contributed by atoms with van der Waals surface area (Å²) in [6.45, 7) is 4.33. The minimum Gasteiger partial charge on any atom is -0.469 e. The molecular weight excluding hydrogens is 340 g/mol. The highest BCUT2D eigenvalue weighted by atomic mass is 16.5. The van der Waals surface area contributed by atoms with E-state index in [0.717, 1.165) is 31.3 Å². The molecule has 2 saturated carbocycles. The summed E-state index contributed by atoms with van der Waals surface area (Å²) in [5.41, 5.74) is 0.776. The first-order chi connectivity index (χ1) is 12.7. The lowest BCUT2D eigenvalue weighted by atomic mass is 9.49. The largest absolute Gasteiger partial charge is 0.469 e. The van der Waals surface area contributed by atoms with Gasteiger partial charge in [0, 0.05) is 16.7 Å². The van der Waals surface area contributed by atoms with Crippen molar-refractivity contribution in [2.75, 3.05) is 7.11 Å². The minimum absolute atomic E-state index is 0.00238. The standard InChI is InChI=1S/C23H30O4/c1-5-23(26)11-8-18-19-16(20(25)27-4)13-14-12-15(24)6-9-21(14,2)17(19)7-10-22(18,23)3/h1,7,13,15-16,18-19,24,26H,6,8-12H2,2-4H3/t15?,16-,18?,19-,21+,22+,23?/m1/s1. The van der Waals surface area contributed by atoms with E-state index in [4.69, 9.17) is 11.2 Å². The molecule has 27 heavy (non-hydrogen) atoms. The Morgan fingerprint density at radius 2 is 2.07 bits per heavy atom. The van der Waals surface area contributed by atoms with Gasteiger partial charge in [0.2, 0.25) is 0 Å². The zero-order valence-corrected chi connectivity index (χ0v) is 16.5. The molecule has 0 aromatic rings. The van der Waals surface area contributed by atoms with Gasteiger partial charge in [0.25, 0.3) is 0 Å². The summed E-state index contributed by atoms with van der Waals surface area (Å²) in [6, 6.07) is 0. The van der Waals surface area contributed by atoms with Crippen LogP contribution in [0.4, 0.5) is 0 Å². The van der Waals surface area contributed by atoms with E-state index >= 15 is 0 Å². The number of rotatable bonds is 1. The zero-order valence-electron chi connectivity index (χ0n) is 16.5. The van der Waals surface area contributed by atoms with Gasteiger partial charge in [0.15, 0.2) is 0 Å². The van der Waals surface area contributed by atoms with Crippen molar-refractivity contribution in [3.05, 3.63) is 23.3 Å². The Bertz CT molecular complexity index is 774. The molecule has 4 heteroatoms. The van der Waals surface area contributed by atoms with Gasteiger partial charge in [-0.25, -0.2) is 0 Å². The number of carbonyl (C=O) groups excluding carboxylic acids is 1. The van der Waals surface area contributed by atoms with Crippen molar-refractivity contribution < 1.29 is 19.7 Å². The van der Waals surface area contributed by atoms with Gasteiger partial charge in [-0.05, 0) is 44.4 Å². The average molecular weight is 370 g/mol. The van der Waals surface area contributed by atoms with Crippen LogP contribution in [0.1, 0.15) is 52.4 Å². The molecule has 146 valence electrons. The van der Waals surface area contributed by atoms with Crippen molar-refractivity contribution >= 4 is 5.97 Å². The maximum atomic E-state index is 12.7. The summed E-state index contributed by atoms with van der Waals surface area (Å²) in [5, 5.41) is 21.3. The van der Waals surface area contributed by atoms with Crippen LogP contribution in [0.3, 0.4) is 0 Å². The molecule has 2 fully saturated rings. The predicted octanol–water partition coefficient (Wildman–Crippen LogP) is 2.99. The topological polar surface area (TPSA) is 66.8 Å². The van der Waals surface area contributed by atoms with Crippen LogP contribution in [0.15, 0.2) is 23.3 Å². The summed E-state index contributed by atoms with van der Waals surface area (Å²) < 4.78 is 5.16. The molecule has 4 nitrogen and oxygen atoms in total. The van der Waals surface area contributed by atoms with Gasteiger partial charge in [-0.1, -0.05) is 43.1 Å². The third-order valence-electron chi connectivity index (χ3n) is 8.38. The van der Waals surface area contributed by atoms with Gasteiger partial charge in [-0.15, -0.1) is 6.42 Å². The van der Waals surface area contributed by atoms with Crippen LogP contribution in [0, 0.1) is 40.9 Å². The van der Waals surface area contributed by atoms with E-state index in [1.54, 1.807) is 0 Å². The average Bonchev–Trinajstić information content (AvgIpc) is 2.93. The maximum Gasteiger partial charge on any atom is 0.313 e. The van der Waals surface area contributed by atoms with Crippen LogP contribution in [0.5, 0.6) is 0 Å². The Balaban J connectivity index is 1.86. The Morgan fingerprint density at radius 3 is 2.74 bits per heavy atom. The number of aliphatic hydroxyl groups is 2. The number of hydrogen-bond acceptors (Lipinski definition) is 4. The highest BCUT2D eigenvalue weighted by Gasteiger charge is 2.63. The van der Waals surface area contributed by atoms with Gasteiger partial charge in [0.05, 0.1) is 19.1 Å². The summed E-state index contributed by atoms with van der Waals surface area (Å²) in [4.78, 5) is 12.7. The normalized spacial score (nSPS) is 48.3. The molecule has 4 rings (SSSR count). The molecule has 4 aliphatic carbocycles. The highest BCUT2D eigenvalue weighted by Crippen LogP contribution is 2.66. The van der Waals surface area contributed by atoms with Gasteiger partial charge in [-0.3, -0.25) is 4.79 Å². The van der Waals surface area contributed by atoms with Crippen LogP contribution >= 0.6 is 0 Å². The van der Waals surface area contributed by atoms with Gasteiger partial charge in [-0.2, -0.15) is 0 Å². The quantitative estimate of drug-likeness (QED) is 0.423. The van der Waals surface area contributed by atoms with E-state index in [1.165, 1.54) is 12.7 Å². The Kier molecular flexibility index (Phi) is 4.15. The zero-order chi connectivity index (χ0) is 19.6. The second-order valence-corrected chi connectivity index (χ2v) is 9.43. The summed E-state index contributed by atoms with van der Waals surface area (Å²) in [7, 11) is 1.43. The van der Waals surface area contributed by atoms with Gasteiger partial charge >= 0.3 is 5.97 Å².